The minimum Gasteiger partial charge on any atom is -0.490 e. The molecule has 0 aliphatic carbocycles. The largest absolute Gasteiger partial charge is 0.490 e. The molecule has 1 amide bonds. The highest BCUT2D eigenvalue weighted by molar-refractivity contribution is 6.09. The van der Waals surface area contributed by atoms with Crippen molar-refractivity contribution in [3.63, 3.8) is 0 Å². The Labute approximate surface area is 173 Å². The second-order valence-electron chi connectivity index (χ2n) is 7.34. The van der Waals surface area contributed by atoms with Crippen molar-refractivity contribution in [2.45, 2.75) is 32.0 Å². The molecule has 8 nitrogen and oxygen atoms in total. The molecule has 4 heterocycles. The first-order valence-electron chi connectivity index (χ1n) is 9.85. The predicted octanol–water partition coefficient (Wildman–Crippen LogP) is 2.46. The Morgan fingerprint density at radius 1 is 1.37 bits per heavy atom. The number of fused-ring (bicyclic) bond motifs is 2. The summed E-state index contributed by atoms with van der Waals surface area (Å²) in [5, 5.41) is 14.2. The maximum absolute atomic E-state index is 13.8. The van der Waals surface area contributed by atoms with Crippen LogP contribution >= 0.6 is 0 Å². The van der Waals surface area contributed by atoms with Crippen LogP contribution in [-0.4, -0.2) is 58.1 Å². The molecule has 2 aliphatic rings. The van der Waals surface area contributed by atoms with Crippen LogP contribution in [0.2, 0.25) is 0 Å². The molecule has 2 unspecified atom stereocenters. The van der Waals surface area contributed by atoms with Gasteiger partial charge in [-0.3, -0.25) is 4.79 Å². The van der Waals surface area contributed by atoms with Crippen molar-refractivity contribution < 1.29 is 19.0 Å². The van der Waals surface area contributed by atoms with Crippen molar-refractivity contribution in [1.29, 1.82) is 0 Å². The molecule has 1 fully saturated rings. The normalized spacial score (nSPS) is 19.8. The molecule has 0 saturated carbocycles. The zero-order valence-electron chi connectivity index (χ0n) is 16.9. The van der Waals surface area contributed by atoms with Gasteiger partial charge in [-0.05, 0) is 25.5 Å². The number of carbonyl (C=O) groups excluding carboxylic acids is 1. The Hall–Kier alpha value is -3.20. The second-order valence-corrected chi connectivity index (χ2v) is 7.34. The molecular weight excluding hydrogens is 389 g/mol. The lowest BCUT2D eigenvalue weighted by molar-refractivity contribution is 0.102. The van der Waals surface area contributed by atoms with Gasteiger partial charge in [-0.25, -0.2) is 13.9 Å². The Kier molecular flexibility index (Phi) is 5.54. The molecule has 1 aromatic carbocycles. The number of aliphatic hydroxyl groups is 1. The lowest BCUT2D eigenvalue weighted by atomic mass is 10.1. The minimum absolute atomic E-state index is 0.0881. The van der Waals surface area contributed by atoms with E-state index in [1.165, 1.54) is 6.20 Å². The fourth-order valence-corrected chi connectivity index (χ4v) is 3.93. The lowest BCUT2D eigenvalue weighted by Gasteiger charge is -2.22. The SMILES string of the molecule is CC1Cc2cc(NC(=O)c3cnn4cccnc34)c(N3CCC(F)C3)cc2O1.CO. The third kappa shape index (κ3) is 3.68. The van der Waals surface area contributed by atoms with Crippen molar-refractivity contribution in [2.24, 2.45) is 0 Å². The summed E-state index contributed by atoms with van der Waals surface area (Å²) in [5.74, 6) is 0.512. The highest BCUT2D eigenvalue weighted by Gasteiger charge is 2.28. The molecule has 0 bridgehead atoms. The van der Waals surface area contributed by atoms with Gasteiger partial charge in [0.25, 0.3) is 5.91 Å². The lowest BCUT2D eigenvalue weighted by Crippen LogP contribution is -2.23. The van der Waals surface area contributed by atoms with Crippen LogP contribution < -0.4 is 15.0 Å². The predicted molar refractivity (Wildman–Crippen MR) is 111 cm³/mol. The molecule has 2 aliphatic heterocycles. The number of hydrogen-bond donors (Lipinski definition) is 2. The van der Waals surface area contributed by atoms with Gasteiger partial charge in [0.1, 0.15) is 23.6 Å². The van der Waals surface area contributed by atoms with Crippen molar-refractivity contribution in [1.82, 2.24) is 14.6 Å². The number of amides is 1. The van der Waals surface area contributed by atoms with E-state index in [0.29, 0.717) is 36.4 Å². The second kappa shape index (κ2) is 8.27. The van der Waals surface area contributed by atoms with Crippen molar-refractivity contribution in [3.05, 3.63) is 47.9 Å². The summed E-state index contributed by atoms with van der Waals surface area (Å²) in [5.41, 5.74) is 3.36. The number of aliphatic hydroxyl groups excluding tert-OH is 1. The average molecular weight is 413 g/mol. The van der Waals surface area contributed by atoms with E-state index < -0.39 is 6.17 Å². The molecule has 0 radical (unpaired) electrons. The number of benzene rings is 1. The van der Waals surface area contributed by atoms with Crippen LogP contribution in [0.15, 0.2) is 36.8 Å². The van der Waals surface area contributed by atoms with E-state index in [1.807, 2.05) is 24.0 Å². The maximum atomic E-state index is 13.8. The fraction of sp³-hybridized carbons (Fsp3) is 0.381. The smallest absolute Gasteiger partial charge is 0.261 e. The third-order valence-electron chi connectivity index (χ3n) is 5.26. The van der Waals surface area contributed by atoms with E-state index in [0.717, 1.165) is 30.5 Å². The third-order valence-corrected chi connectivity index (χ3v) is 5.26. The van der Waals surface area contributed by atoms with Gasteiger partial charge in [0, 0.05) is 50.6 Å². The molecule has 1 saturated heterocycles. The summed E-state index contributed by atoms with van der Waals surface area (Å²) in [4.78, 5) is 19.2. The van der Waals surface area contributed by atoms with Gasteiger partial charge in [0.15, 0.2) is 5.65 Å². The van der Waals surface area contributed by atoms with E-state index in [9.17, 15) is 9.18 Å². The first-order valence-corrected chi connectivity index (χ1v) is 9.85. The Morgan fingerprint density at radius 3 is 2.97 bits per heavy atom. The Bertz CT molecular complexity index is 1070. The molecular formula is C21H24FN5O3. The molecule has 158 valence electrons. The molecule has 30 heavy (non-hydrogen) atoms. The molecule has 2 N–H and O–H groups in total. The first-order chi connectivity index (χ1) is 14.6. The van der Waals surface area contributed by atoms with Crippen LogP contribution in [0.4, 0.5) is 15.8 Å². The average Bonchev–Trinajstić information content (AvgIpc) is 3.46. The van der Waals surface area contributed by atoms with Crippen LogP contribution in [0.5, 0.6) is 5.75 Å². The quantitative estimate of drug-likeness (QED) is 0.685. The number of nitrogens with one attached hydrogen (secondary N) is 1. The van der Waals surface area contributed by atoms with Crippen molar-refractivity contribution >= 4 is 22.9 Å². The van der Waals surface area contributed by atoms with Gasteiger partial charge in [0.05, 0.1) is 17.6 Å². The fourth-order valence-electron chi connectivity index (χ4n) is 3.93. The minimum atomic E-state index is -0.861. The van der Waals surface area contributed by atoms with Gasteiger partial charge in [-0.2, -0.15) is 5.10 Å². The van der Waals surface area contributed by atoms with E-state index >= 15 is 0 Å². The molecule has 9 heteroatoms. The summed E-state index contributed by atoms with van der Waals surface area (Å²) in [6.07, 6.45) is 5.36. The number of anilines is 2. The molecule has 3 aromatic rings. The number of hydrogen-bond acceptors (Lipinski definition) is 6. The van der Waals surface area contributed by atoms with Gasteiger partial charge in [-0.1, -0.05) is 0 Å². The maximum Gasteiger partial charge on any atom is 0.261 e. The summed E-state index contributed by atoms with van der Waals surface area (Å²) < 4.78 is 21.2. The summed E-state index contributed by atoms with van der Waals surface area (Å²) in [6.45, 7) is 2.93. The van der Waals surface area contributed by atoms with Crippen LogP contribution in [0.3, 0.4) is 0 Å². The van der Waals surface area contributed by atoms with Crippen molar-refractivity contribution in [2.75, 3.05) is 30.4 Å². The monoisotopic (exact) mass is 413 g/mol. The molecule has 0 spiro atoms. The summed E-state index contributed by atoms with van der Waals surface area (Å²) in [6, 6.07) is 5.61. The first kappa shape index (κ1) is 20.1. The zero-order valence-corrected chi connectivity index (χ0v) is 16.9. The highest BCUT2D eigenvalue weighted by atomic mass is 19.1. The number of rotatable bonds is 3. The van der Waals surface area contributed by atoms with Gasteiger partial charge >= 0.3 is 0 Å². The van der Waals surface area contributed by atoms with E-state index in [2.05, 4.69) is 15.4 Å². The van der Waals surface area contributed by atoms with Gasteiger partial charge < -0.3 is 20.1 Å². The molecule has 5 rings (SSSR count). The van der Waals surface area contributed by atoms with E-state index in [-0.39, 0.29) is 12.0 Å². The number of halogens is 1. The Balaban J connectivity index is 0.00000106. The summed E-state index contributed by atoms with van der Waals surface area (Å²) in [7, 11) is 1.00. The number of carbonyl (C=O) groups is 1. The number of ether oxygens (including phenoxy) is 1. The van der Waals surface area contributed by atoms with E-state index in [1.54, 1.807) is 23.0 Å². The topological polar surface area (TPSA) is 92.0 Å². The standard InChI is InChI=1S/C20H20FN5O2.CH4O/c1-12-7-13-8-16(17(9-18(13)28-12)25-6-3-14(21)11-25)24-20(27)15-10-23-26-5-2-4-22-19(15)26;1-2/h2,4-5,8-10,12,14H,3,6-7,11H2,1H3,(H,24,27);2H,1H3. The zero-order chi connectivity index (χ0) is 21.3. The number of alkyl halides is 1. The molecule has 2 aromatic heterocycles. The van der Waals surface area contributed by atoms with Crippen LogP contribution in [0.25, 0.3) is 5.65 Å². The Morgan fingerprint density at radius 2 is 2.20 bits per heavy atom. The van der Waals surface area contributed by atoms with E-state index in [4.69, 9.17) is 9.84 Å². The van der Waals surface area contributed by atoms with Crippen LogP contribution in [0.1, 0.15) is 29.3 Å². The number of nitrogens with zero attached hydrogens (tertiary/aromatic N) is 4. The van der Waals surface area contributed by atoms with Gasteiger partial charge in [0.2, 0.25) is 0 Å². The van der Waals surface area contributed by atoms with Crippen LogP contribution in [0, 0.1) is 0 Å². The highest BCUT2D eigenvalue weighted by Crippen LogP contribution is 2.40. The van der Waals surface area contributed by atoms with Gasteiger partial charge in [-0.15, -0.1) is 0 Å². The number of aromatic nitrogens is 3. The summed E-state index contributed by atoms with van der Waals surface area (Å²) >= 11 is 0. The molecule has 2 atom stereocenters. The van der Waals surface area contributed by atoms with Crippen LogP contribution in [-0.2, 0) is 6.42 Å². The van der Waals surface area contributed by atoms with Crippen molar-refractivity contribution in [3.8, 4) is 5.75 Å².